The van der Waals surface area contributed by atoms with Gasteiger partial charge >= 0.3 is 0 Å². The Morgan fingerprint density at radius 3 is 1.42 bits per heavy atom. The topological polar surface area (TPSA) is 26.3 Å². The molecular weight excluding hydrogens is 717 g/mol. The Morgan fingerprint density at radius 1 is 0.305 bits per heavy atom. The molecule has 1 aliphatic carbocycles. The highest BCUT2D eigenvalue weighted by molar-refractivity contribution is 6.26. The van der Waals surface area contributed by atoms with Crippen molar-refractivity contribution in [2.75, 3.05) is 0 Å². The highest BCUT2D eigenvalue weighted by atomic mass is 16.4. The van der Waals surface area contributed by atoms with Gasteiger partial charge in [0.2, 0.25) is 0 Å². The first-order valence-electron chi connectivity index (χ1n) is 20.5. The molecule has 2 heteroatoms. The van der Waals surface area contributed by atoms with E-state index in [1.807, 2.05) is 12.1 Å². The van der Waals surface area contributed by atoms with Gasteiger partial charge in [0.15, 0.2) is 11.2 Å². The summed E-state index contributed by atoms with van der Waals surface area (Å²) in [6.07, 6.45) is 0. The largest absolute Gasteiger partial charge is 0.452 e. The average Bonchev–Trinajstić information content (AvgIpc) is 3.94. The van der Waals surface area contributed by atoms with Gasteiger partial charge in [0.05, 0.1) is 0 Å². The number of hydrogen-bond donors (Lipinski definition) is 0. The second-order valence-electron chi connectivity index (χ2n) is 16.7. The van der Waals surface area contributed by atoms with Gasteiger partial charge < -0.3 is 8.83 Å². The van der Waals surface area contributed by atoms with Crippen molar-refractivity contribution in [2.24, 2.45) is 0 Å². The second kappa shape index (κ2) is 11.8. The summed E-state index contributed by atoms with van der Waals surface area (Å²) in [6, 6.07) is 66.7. The molecule has 12 aromatic rings. The van der Waals surface area contributed by atoms with Gasteiger partial charge in [-0.1, -0.05) is 153 Å². The van der Waals surface area contributed by atoms with E-state index in [1.165, 1.54) is 82.4 Å². The number of rotatable bonds is 3. The van der Waals surface area contributed by atoms with Crippen LogP contribution in [0.1, 0.15) is 25.0 Å². The Kier molecular flexibility index (Phi) is 6.54. The minimum atomic E-state index is -0.0400. The lowest BCUT2D eigenvalue weighted by molar-refractivity contribution is 0.633. The van der Waals surface area contributed by atoms with Crippen LogP contribution in [-0.4, -0.2) is 0 Å². The zero-order valence-electron chi connectivity index (χ0n) is 32.6. The molecule has 13 rings (SSSR count). The molecule has 0 radical (unpaired) electrons. The minimum Gasteiger partial charge on any atom is -0.452 e. The molecule has 10 aromatic carbocycles. The van der Waals surface area contributed by atoms with Gasteiger partial charge in [-0.2, -0.15) is 0 Å². The lowest BCUT2D eigenvalue weighted by atomic mass is 9.82. The molecule has 2 heterocycles. The van der Waals surface area contributed by atoms with Crippen molar-refractivity contribution in [1.29, 1.82) is 0 Å². The summed E-state index contributed by atoms with van der Waals surface area (Å²) in [5, 5.41) is 11.9. The van der Waals surface area contributed by atoms with Crippen LogP contribution in [0.25, 0.3) is 121 Å². The van der Waals surface area contributed by atoms with Crippen LogP contribution in [0.4, 0.5) is 0 Å². The molecular formula is C57H36O2. The summed E-state index contributed by atoms with van der Waals surface area (Å²) in [4.78, 5) is 0. The molecule has 0 saturated carbocycles. The number of fused-ring (bicyclic) bond motifs is 16. The number of furan rings is 2. The zero-order valence-corrected chi connectivity index (χ0v) is 32.6. The highest BCUT2D eigenvalue weighted by Crippen LogP contribution is 2.52. The SMILES string of the molecule is CC1(C)c2ccccc2-c2c(-c3ccc4c5ccc(-c6ccccc6-c6ccc7oc8c(ccc9c%10ccccc%10oc98)c7c6)cc5c5ccccc5c4c3)cccc21. The van der Waals surface area contributed by atoms with E-state index in [0.717, 1.165) is 49.4 Å². The monoisotopic (exact) mass is 752 g/mol. The minimum absolute atomic E-state index is 0.0400. The first-order valence-corrected chi connectivity index (χ1v) is 20.5. The summed E-state index contributed by atoms with van der Waals surface area (Å²) in [7, 11) is 0. The Labute approximate surface area is 340 Å². The average molecular weight is 753 g/mol. The van der Waals surface area contributed by atoms with Crippen LogP contribution in [0.5, 0.6) is 0 Å². The Morgan fingerprint density at radius 2 is 0.746 bits per heavy atom. The Hall–Kier alpha value is -7.42. The van der Waals surface area contributed by atoms with Crippen molar-refractivity contribution in [3.63, 3.8) is 0 Å². The third-order valence-corrected chi connectivity index (χ3v) is 13.3. The van der Waals surface area contributed by atoms with E-state index in [0.29, 0.717) is 0 Å². The Bertz CT molecular complexity index is 3740. The predicted molar refractivity (Wildman–Crippen MR) is 247 cm³/mol. The molecule has 2 nitrogen and oxygen atoms in total. The molecule has 2 aromatic heterocycles. The van der Waals surface area contributed by atoms with Crippen molar-refractivity contribution in [2.45, 2.75) is 19.3 Å². The molecule has 0 N–H and O–H groups in total. The third-order valence-electron chi connectivity index (χ3n) is 13.3. The molecule has 276 valence electrons. The molecule has 1 aliphatic rings. The molecule has 0 unspecified atom stereocenters. The molecule has 0 aliphatic heterocycles. The number of para-hydroxylation sites is 1. The van der Waals surface area contributed by atoms with E-state index in [-0.39, 0.29) is 5.41 Å². The van der Waals surface area contributed by atoms with Crippen LogP contribution in [0.2, 0.25) is 0 Å². The third kappa shape index (κ3) is 4.52. The summed E-state index contributed by atoms with van der Waals surface area (Å²) in [5.41, 5.74) is 16.1. The zero-order chi connectivity index (χ0) is 39.0. The van der Waals surface area contributed by atoms with E-state index in [2.05, 4.69) is 184 Å². The van der Waals surface area contributed by atoms with Crippen molar-refractivity contribution >= 4 is 76.2 Å². The first kappa shape index (κ1) is 32.6. The van der Waals surface area contributed by atoms with Gasteiger partial charge in [-0.25, -0.2) is 0 Å². The van der Waals surface area contributed by atoms with Gasteiger partial charge in [-0.3, -0.25) is 0 Å². The van der Waals surface area contributed by atoms with Crippen LogP contribution in [-0.2, 0) is 5.41 Å². The van der Waals surface area contributed by atoms with Crippen molar-refractivity contribution in [1.82, 2.24) is 0 Å². The van der Waals surface area contributed by atoms with E-state index >= 15 is 0 Å². The molecule has 0 spiro atoms. The van der Waals surface area contributed by atoms with Crippen LogP contribution in [0, 0.1) is 0 Å². The van der Waals surface area contributed by atoms with E-state index < -0.39 is 0 Å². The van der Waals surface area contributed by atoms with Crippen LogP contribution < -0.4 is 0 Å². The summed E-state index contributed by atoms with van der Waals surface area (Å²) < 4.78 is 12.9. The van der Waals surface area contributed by atoms with Crippen LogP contribution in [0.3, 0.4) is 0 Å². The molecule has 59 heavy (non-hydrogen) atoms. The van der Waals surface area contributed by atoms with E-state index in [1.54, 1.807) is 0 Å². The second-order valence-corrected chi connectivity index (χ2v) is 16.7. The normalized spacial score (nSPS) is 13.4. The Balaban J connectivity index is 0.959. The summed E-state index contributed by atoms with van der Waals surface area (Å²) in [6.45, 7) is 4.71. The predicted octanol–water partition coefficient (Wildman–Crippen LogP) is 16.3. The lowest BCUT2D eigenvalue weighted by Gasteiger charge is -2.21. The van der Waals surface area contributed by atoms with Gasteiger partial charge in [0.1, 0.15) is 11.2 Å². The number of benzene rings is 10. The lowest BCUT2D eigenvalue weighted by Crippen LogP contribution is -2.14. The molecule has 0 amide bonds. The molecule has 0 atom stereocenters. The summed E-state index contributed by atoms with van der Waals surface area (Å²) >= 11 is 0. The van der Waals surface area contributed by atoms with E-state index in [4.69, 9.17) is 8.83 Å². The maximum atomic E-state index is 6.51. The smallest absolute Gasteiger partial charge is 0.178 e. The van der Waals surface area contributed by atoms with Gasteiger partial charge in [-0.15, -0.1) is 0 Å². The van der Waals surface area contributed by atoms with Crippen molar-refractivity contribution < 1.29 is 8.83 Å². The molecule has 0 saturated heterocycles. The maximum Gasteiger partial charge on any atom is 0.178 e. The van der Waals surface area contributed by atoms with Gasteiger partial charge in [0, 0.05) is 27.0 Å². The summed E-state index contributed by atoms with van der Waals surface area (Å²) in [5.74, 6) is 0. The van der Waals surface area contributed by atoms with Crippen LogP contribution in [0.15, 0.2) is 191 Å². The fourth-order valence-electron chi connectivity index (χ4n) is 10.5. The van der Waals surface area contributed by atoms with Gasteiger partial charge in [0.25, 0.3) is 0 Å². The number of hydrogen-bond acceptors (Lipinski definition) is 2. The van der Waals surface area contributed by atoms with Crippen molar-refractivity contribution in [3.8, 4) is 44.5 Å². The highest BCUT2D eigenvalue weighted by Gasteiger charge is 2.36. The quantitative estimate of drug-likeness (QED) is 0.168. The maximum absolute atomic E-state index is 6.51. The molecule has 0 fully saturated rings. The fourth-order valence-corrected chi connectivity index (χ4v) is 10.5. The van der Waals surface area contributed by atoms with E-state index in [9.17, 15) is 0 Å². The fraction of sp³-hybridized carbons (Fsp3) is 0.0526. The van der Waals surface area contributed by atoms with Crippen LogP contribution >= 0.6 is 0 Å². The van der Waals surface area contributed by atoms with Gasteiger partial charge in [-0.05, 0) is 130 Å². The standard InChI is InChI=1S/C57H36O2/c1-57(2)50-19-9-7-17-46(50)54-38(18-11-20-51(54)57)35-23-26-42-41-25-22-33(30-47(41)39-14-5-6-15-40(39)48(42)31-35)36-12-3-4-13-37(36)34-24-29-53-49(32-34)45-28-27-44-43-16-8-10-21-52(43)58-55(44)56(45)59-53/h3-32H,1-2H3. The molecule has 0 bridgehead atoms. The van der Waals surface area contributed by atoms with Crippen molar-refractivity contribution in [3.05, 3.63) is 193 Å². The first-order chi connectivity index (χ1) is 29.0.